The number of ketones is 2. The molecule has 3 aliphatic heterocycles. The number of Topliss-reactive ketones (excluding diaryl/α,β-unsaturated/α-hetero) is 2. The molecule has 0 saturated carbocycles. The summed E-state index contributed by atoms with van der Waals surface area (Å²) in [4.78, 5) is 46.2. The molecule has 4 atom stereocenters. The van der Waals surface area contributed by atoms with E-state index in [0.29, 0.717) is 38.3 Å². The number of nitrogens with zero attached hydrogens (tertiary/aromatic N) is 1. The summed E-state index contributed by atoms with van der Waals surface area (Å²) < 4.78 is 11.5. The van der Waals surface area contributed by atoms with E-state index in [1.165, 1.54) is 7.11 Å². The number of methoxy groups -OCH3 is 2. The van der Waals surface area contributed by atoms with Crippen molar-refractivity contribution in [3.63, 3.8) is 0 Å². The third-order valence-electron chi connectivity index (χ3n) is 8.91. The second-order valence-corrected chi connectivity index (χ2v) is 11.7. The van der Waals surface area contributed by atoms with Gasteiger partial charge in [0.15, 0.2) is 11.6 Å². The summed E-state index contributed by atoms with van der Waals surface area (Å²) in [5.41, 5.74) is 2.53. The van der Waals surface area contributed by atoms with E-state index < -0.39 is 23.4 Å². The van der Waals surface area contributed by atoms with Gasteiger partial charge in [0.05, 0.1) is 30.7 Å². The third kappa shape index (κ3) is 3.89. The first-order valence-electron chi connectivity index (χ1n) is 13.9. The fourth-order valence-corrected chi connectivity index (χ4v) is 7.65. The summed E-state index contributed by atoms with van der Waals surface area (Å²) in [6, 6.07) is 25.7. The molecule has 214 valence electrons. The fraction of sp³-hybridized carbons (Fsp3) is 0.171. The summed E-state index contributed by atoms with van der Waals surface area (Å²) in [5, 5.41) is 3.07. The van der Waals surface area contributed by atoms with Gasteiger partial charge in [-0.3, -0.25) is 14.4 Å². The minimum Gasteiger partial charge on any atom is -0.497 e. The Hall–Kier alpha value is -4.69. The van der Waals surface area contributed by atoms with Gasteiger partial charge in [-0.15, -0.1) is 0 Å². The molecule has 1 fully saturated rings. The van der Waals surface area contributed by atoms with Crippen LogP contribution in [-0.4, -0.2) is 42.6 Å². The monoisotopic (exact) mass is 634 g/mol. The highest BCUT2D eigenvalue weighted by atomic mass is 79.9. The molecule has 1 N–H and O–H groups in total. The summed E-state index contributed by atoms with van der Waals surface area (Å²) >= 11 is 3.51. The lowest BCUT2D eigenvalue weighted by Gasteiger charge is -2.38. The molecule has 1 spiro atoms. The SMILES string of the molecule is COc1cccc(C(=O)[C@@H]2[C@@H](C(=O)c3ccc(OC)c(Br)c3)N3C=Cc4ccccc4[C@@H]3[C@]23C(=O)Nc2ccccc23)c1. The first kappa shape index (κ1) is 27.2. The summed E-state index contributed by atoms with van der Waals surface area (Å²) in [6.07, 6.45) is 3.81. The minimum atomic E-state index is -1.40. The number of nitrogens with one attached hydrogen (secondary N) is 1. The maximum absolute atomic E-state index is 14.9. The molecule has 1 saturated heterocycles. The zero-order valence-corrected chi connectivity index (χ0v) is 25.0. The van der Waals surface area contributed by atoms with Gasteiger partial charge in [-0.2, -0.15) is 0 Å². The Morgan fingerprint density at radius 2 is 1.63 bits per heavy atom. The zero-order chi connectivity index (χ0) is 29.9. The van der Waals surface area contributed by atoms with Crippen LogP contribution in [0.15, 0.2) is 102 Å². The Kier molecular flexibility index (Phi) is 6.47. The van der Waals surface area contributed by atoms with Gasteiger partial charge in [-0.25, -0.2) is 0 Å². The number of carbonyl (C=O) groups is 3. The average molecular weight is 636 g/mol. The van der Waals surface area contributed by atoms with Crippen molar-refractivity contribution < 1.29 is 23.9 Å². The highest BCUT2D eigenvalue weighted by Gasteiger charge is 2.70. The number of anilines is 1. The summed E-state index contributed by atoms with van der Waals surface area (Å²) in [5.74, 6) is -0.861. The van der Waals surface area contributed by atoms with E-state index >= 15 is 0 Å². The number of carbonyl (C=O) groups excluding carboxylic acids is 3. The number of hydrogen-bond acceptors (Lipinski definition) is 6. The van der Waals surface area contributed by atoms with Gasteiger partial charge in [0.2, 0.25) is 5.91 Å². The first-order valence-corrected chi connectivity index (χ1v) is 14.7. The highest BCUT2D eigenvalue weighted by Crippen LogP contribution is 2.62. The van der Waals surface area contributed by atoms with E-state index in [4.69, 9.17) is 9.47 Å². The molecule has 0 radical (unpaired) electrons. The van der Waals surface area contributed by atoms with Gasteiger partial charge in [-0.1, -0.05) is 54.6 Å². The van der Waals surface area contributed by atoms with Crippen molar-refractivity contribution in [2.24, 2.45) is 5.92 Å². The van der Waals surface area contributed by atoms with Crippen LogP contribution < -0.4 is 14.8 Å². The lowest BCUT2D eigenvalue weighted by molar-refractivity contribution is -0.122. The number of hydrogen-bond donors (Lipinski definition) is 1. The van der Waals surface area contributed by atoms with Gasteiger partial charge in [0, 0.05) is 23.0 Å². The second-order valence-electron chi connectivity index (χ2n) is 10.9. The maximum atomic E-state index is 14.9. The molecule has 3 heterocycles. The van der Waals surface area contributed by atoms with Crippen molar-refractivity contribution in [1.29, 1.82) is 0 Å². The van der Waals surface area contributed by atoms with Crippen LogP contribution in [-0.2, 0) is 10.2 Å². The summed E-state index contributed by atoms with van der Waals surface area (Å²) in [7, 11) is 3.10. The van der Waals surface area contributed by atoms with Crippen molar-refractivity contribution in [3.05, 3.63) is 129 Å². The predicted octanol–water partition coefficient (Wildman–Crippen LogP) is 6.45. The van der Waals surface area contributed by atoms with E-state index in [9.17, 15) is 14.4 Å². The second kappa shape index (κ2) is 10.2. The van der Waals surface area contributed by atoms with Crippen molar-refractivity contribution in [2.45, 2.75) is 17.5 Å². The van der Waals surface area contributed by atoms with E-state index in [0.717, 1.165) is 11.1 Å². The average Bonchev–Trinajstić information content (AvgIpc) is 3.52. The van der Waals surface area contributed by atoms with E-state index in [1.807, 2.05) is 65.7 Å². The number of para-hydroxylation sites is 1. The lowest BCUT2D eigenvalue weighted by atomic mass is 9.62. The number of halogens is 1. The number of benzene rings is 4. The Bertz CT molecular complexity index is 1850. The molecule has 0 bridgehead atoms. The van der Waals surface area contributed by atoms with Crippen LogP contribution in [0.2, 0.25) is 0 Å². The number of ether oxygens (including phenoxy) is 2. The molecule has 3 aliphatic rings. The molecule has 0 unspecified atom stereocenters. The highest BCUT2D eigenvalue weighted by molar-refractivity contribution is 9.10. The Balaban J connectivity index is 1.52. The molecule has 1 amide bonds. The minimum absolute atomic E-state index is 0.271. The number of rotatable bonds is 6. The molecule has 4 aromatic rings. The smallest absolute Gasteiger partial charge is 0.238 e. The van der Waals surface area contributed by atoms with Crippen LogP contribution in [0.25, 0.3) is 6.08 Å². The summed E-state index contributed by atoms with van der Waals surface area (Å²) in [6.45, 7) is 0. The molecule has 43 heavy (non-hydrogen) atoms. The maximum Gasteiger partial charge on any atom is 0.238 e. The van der Waals surface area contributed by atoms with Crippen LogP contribution in [0.4, 0.5) is 5.69 Å². The predicted molar refractivity (Wildman–Crippen MR) is 166 cm³/mol. The van der Waals surface area contributed by atoms with Crippen molar-refractivity contribution in [3.8, 4) is 11.5 Å². The van der Waals surface area contributed by atoms with Gasteiger partial charge in [-0.05, 0) is 75.1 Å². The third-order valence-corrected chi connectivity index (χ3v) is 9.53. The van der Waals surface area contributed by atoms with Gasteiger partial charge >= 0.3 is 0 Å². The number of amides is 1. The molecule has 7 nitrogen and oxygen atoms in total. The molecule has 0 aliphatic carbocycles. The van der Waals surface area contributed by atoms with E-state index in [2.05, 4.69) is 21.2 Å². The van der Waals surface area contributed by atoms with Crippen molar-refractivity contribution in [1.82, 2.24) is 4.90 Å². The Labute approximate surface area is 257 Å². The first-order chi connectivity index (χ1) is 20.9. The van der Waals surface area contributed by atoms with Crippen LogP contribution in [0.5, 0.6) is 11.5 Å². The molecular formula is C35H27BrN2O5. The molecule has 4 aromatic carbocycles. The van der Waals surface area contributed by atoms with Crippen LogP contribution in [0.1, 0.15) is 43.4 Å². The van der Waals surface area contributed by atoms with Crippen molar-refractivity contribution in [2.75, 3.05) is 19.5 Å². The Morgan fingerprint density at radius 1 is 0.860 bits per heavy atom. The van der Waals surface area contributed by atoms with E-state index in [1.54, 1.807) is 49.6 Å². The van der Waals surface area contributed by atoms with Gasteiger partial charge < -0.3 is 19.7 Å². The normalized spacial score (nSPS) is 22.9. The standard InChI is InChI=1S/C35H27BrN2O5/c1-42-23-10-7-9-21(18-23)31(39)29-30(32(40)22-14-15-28(43-2)26(36)19-22)38-17-16-20-8-3-4-11-24(20)33(38)35(29)25-12-5-6-13-27(25)37-34(35)41/h3-19,29-30,33H,1-2H3,(H,37,41)/t29-,30-,33+,35+/m0/s1. The Morgan fingerprint density at radius 3 is 2.42 bits per heavy atom. The quantitative estimate of drug-likeness (QED) is 0.246. The largest absolute Gasteiger partial charge is 0.497 e. The van der Waals surface area contributed by atoms with Crippen LogP contribution >= 0.6 is 15.9 Å². The number of fused-ring (bicyclic) bond motifs is 6. The van der Waals surface area contributed by atoms with Crippen LogP contribution in [0, 0.1) is 5.92 Å². The molecular weight excluding hydrogens is 608 g/mol. The molecule has 8 heteroatoms. The molecule has 7 rings (SSSR count). The topological polar surface area (TPSA) is 84.9 Å². The van der Waals surface area contributed by atoms with Crippen LogP contribution in [0.3, 0.4) is 0 Å². The molecule has 0 aromatic heterocycles. The zero-order valence-electron chi connectivity index (χ0n) is 23.4. The fourth-order valence-electron chi connectivity index (χ4n) is 7.11. The van der Waals surface area contributed by atoms with Crippen molar-refractivity contribution >= 4 is 45.2 Å². The van der Waals surface area contributed by atoms with Gasteiger partial charge in [0.25, 0.3) is 0 Å². The van der Waals surface area contributed by atoms with Gasteiger partial charge in [0.1, 0.15) is 23.0 Å². The lowest BCUT2D eigenvalue weighted by Crippen LogP contribution is -2.49. The van der Waals surface area contributed by atoms with E-state index in [-0.39, 0.29) is 17.5 Å².